The van der Waals surface area contributed by atoms with Gasteiger partial charge in [-0.15, -0.1) is 24.8 Å². The first-order chi connectivity index (χ1) is 3.18. The van der Waals surface area contributed by atoms with Gasteiger partial charge in [0.15, 0.2) is 0 Å². The number of hydrogen-bond donors (Lipinski definition) is 3. The monoisotopic (exact) mass is 193 g/mol. The quantitative estimate of drug-likeness (QED) is 0.549. The molecule has 0 heterocycles. The molecule has 3 N–H and O–H groups in total. The van der Waals surface area contributed by atoms with Gasteiger partial charge >= 0.3 is 5.97 Å². The van der Waals surface area contributed by atoms with Crippen LogP contribution >= 0.6 is 37.4 Å². The number of carboxylic acid groups (broad SMARTS) is 1. The Morgan fingerprint density at radius 2 is 2.00 bits per heavy atom. The lowest BCUT2D eigenvalue weighted by molar-refractivity contribution is -0.137. The molecule has 6 heteroatoms. The molecule has 0 aliphatic heterocycles. The minimum atomic E-state index is -1.00. The first-order valence-corrected chi connectivity index (χ1v) is 2.41. The number of nitrogens with two attached hydrogens (primary N) is 1. The third-order valence-electron chi connectivity index (χ3n) is 0.514. The van der Waals surface area contributed by atoms with Gasteiger partial charge in [-0.25, -0.2) is 0 Å². The smallest absolute Gasteiger partial charge is 0.321 e. The molecule has 0 amide bonds. The summed E-state index contributed by atoms with van der Waals surface area (Å²) in [5.41, 5.74) is 4.94. The van der Waals surface area contributed by atoms with E-state index in [9.17, 15) is 4.79 Å². The summed E-state index contributed by atoms with van der Waals surface area (Å²) in [6.07, 6.45) is 0. The molecule has 1 atom stereocenters. The van der Waals surface area contributed by atoms with Crippen molar-refractivity contribution in [1.82, 2.24) is 0 Å². The fraction of sp³-hybridized carbons (Fsp3) is 0.667. The van der Waals surface area contributed by atoms with E-state index < -0.39 is 12.0 Å². The van der Waals surface area contributed by atoms with Crippen molar-refractivity contribution in [2.45, 2.75) is 6.04 Å². The van der Waals surface area contributed by atoms with E-state index in [2.05, 4.69) is 12.6 Å². The molecule has 0 aromatic heterocycles. The molecule has 0 bridgehead atoms. The van der Waals surface area contributed by atoms with Crippen LogP contribution in [0.5, 0.6) is 0 Å². The van der Waals surface area contributed by atoms with Crippen LogP contribution in [0.3, 0.4) is 0 Å². The van der Waals surface area contributed by atoms with Gasteiger partial charge in [-0.1, -0.05) is 0 Å². The first kappa shape index (κ1) is 16.2. The topological polar surface area (TPSA) is 63.3 Å². The van der Waals surface area contributed by atoms with Crippen molar-refractivity contribution in [3.05, 3.63) is 0 Å². The lowest BCUT2D eigenvalue weighted by Crippen LogP contribution is -2.31. The number of halogens is 2. The van der Waals surface area contributed by atoms with E-state index in [1.807, 2.05) is 0 Å². The van der Waals surface area contributed by atoms with E-state index in [0.717, 1.165) is 0 Å². The number of carbonyl (C=O) groups is 1. The number of rotatable bonds is 2. The largest absolute Gasteiger partial charge is 0.480 e. The van der Waals surface area contributed by atoms with Crippen LogP contribution in [0.15, 0.2) is 0 Å². The summed E-state index contributed by atoms with van der Waals surface area (Å²) in [7, 11) is 0. The number of carboxylic acids is 1. The number of aliphatic carboxylic acids is 1. The van der Waals surface area contributed by atoms with Gasteiger partial charge in [0.2, 0.25) is 0 Å². The molecule has 9 heavy (non-hydrogen) atoms. The van der Waals surface area contributed by atoms with Crippen LogP contribution in [-0.2, 0) is 4.79 Å². The molecule has 0 spiro atoms. The third kappa shape index (κ3) is 8.36. The van der Waals surface area contributed by atoms with E-state index in [0.29, 0.717) is 0 Å². The van der Waals surface area contributed by atoms with E-state index >= 15 is 0 Å². The van der Waals surface area contributed by atoms with Gasteiger partial charge in [0.1, 0.15) is 6.04 Å². The van der Waals surface area contributed by atoms with Crippen molar-refractivity contribution in [3.8, 4) is 0 Å². The zero-order chi connectivity index (χ0) is 5.86. The van der Waals surface area contributed by atoms with E-state index in [1.54, 1.807) is 0 Å². The summed E-state index contributed by atoms with van der Waals surface area (Å²) >= 11 is 3.65. The molecule has 0 fully saturated rings. The predicted octanol–water partition coefficient (Wildman–Crippen LogP) is 0.172. The fourth-order valence-electron chi connectivity index (χ4n) is 0.0781. The summed E-state index contributed by atoms with van der Waals surface area (Å²) in [5, 5.41) is 8.01. The highest BCUT2D eigenvalue weighted by atomic mass is 35.5. The number of thiol groups is 1. The maximum absolute atomic E-state index is 9.76. The van der Waals surface area contributed by atoms with Gasteiger partial charge < -0.3 is 10.8 Å². The molecule has 0 radical (unpaired) electrons. The van der Waals surface area contributed by atoms with Crippen molar-refractivity contribution in [3.63, 3.8) is 0 Å². The average Bonchev–Trinajstić information content (AvgIpc) is 1.65. The molecule has 0 rings (SSSR count). The third-order valence-corrected chi connectivity index (χ3v) is 0.907. The SMILES string of the molecule is Cl.Cl.N[C@H](CS)C(=O)O. The second-order valence-electron chi connectivity index (χ2n) is 1.13. The maximum atomic E-state index is 9.76. The van der Waals surface area contributed by atoms with Gasteiger partial charge in [-0.2, -0.15) is 12.6 Å². The summed E-state index contributed by atoms with van der Waals surface area (Å²) in [6.45, 7) is 0. The van der Waals surface area contributed by atoms with Crippen molar-refractivity contribution < 1.29 is 9.90 Å². The highest BCUT2D eigenvalue weighted by molar-refractivity contribution is 7.80. The van der Waals surface area contributed by atoms with Crippen LogP contribution in [0.1, 0.15) is 0 Å². The molecule has 0 aliphatic carbocycles. The van der Waals surface area contributed by atoms with Crippen molar-refractivity contribution in [2.24, 2.45) is 5.73 Å². The Balaban J connectivity index is -0.000000180. The maximum Gasteiger partial charge on any atom is 0.321 e. The number of hydrogen-bond acceptors (Lipinski definition) is 3. The zero-order valence-corrected chi connectivity index (χ0v) is 7.01. The standard InChI is InChI=1S/C3H7NO2S.2ClH/c4-2(1-7)3(5)6;;/h2,7H,1,4H2,(H,5,6);2*1H/t2-;;/m1../s1. The zero-order valence-electron chi connectivity index (χ0n) is 4.48. The summed E-state index contributed by atoms with van der Waals surface area (Å²) < 4.78 is 0. The minimum Gasteiger partial charge on any atom is -0.480 e. The molecule has 3 nitrogen and oxygen atoms in total. The lowest BCUT2D eigenvalue weighted by Gasteiger charge is -1.96. The fourth-order valence-corrected chi connectivity index (χ4v) is 0.234. The molecular formula is C3H9Cl2NO2S. The van der Waals surface area contributed by atoms with Crippen LogP contribution in [-0.4, -0.2) is 22.9 Å². The minimum absolute atomic E-state index is 0. The normalized spacial score (nSPS) is 10.4. The molecule has 0 unspecified atom stereocenters. The Morgan fingerprint density at radius 1 is 1.67 bits per heavy atom. The van der Waals surface area contributed by atoms with E-state index in [1.165, 1.54) is 0 Å². The van der Waals surface area contributed by atoms with Gasteiger partial charge in [-0.3, -0.25) is 4.79 Å². The molecule has 58 valence electrons. The first-order valence-electron chi connectivity index (χ1n) is 1.77. The van der Waals surface area contributed by atoms with E-state index in [4.69, 9.17) is 10.8 Å². The second-order valence-corrected chi connectivity index (χ2v) is 1.49. The van der Waals surface area contributed by atoms with Gasteiger partial charge in [-0.05, 0) is 0 Å². The Morgan fingerprint density at radius 3 is 2.00 bits per heavy atom. The summed E-state index contributed by atoms with van der Waals surface area (Å²) in [5.74, 6) is -0.815. The average molecular weight is 194 g/mol. The van der Waals surface area contributed by atoms with Crippen molar-refractivity contribution in [1.29, 1.82) is 0 Å². The van der Waals surface area contributed by atoms with Crippen LogP contribution in [0, 0.1) is 0 Å². The lowest BCUT2D eigenvalue weighted by atomic mass is 10.4. The second kappa shape index (κ2) is 8.36. The molecule has 0 aromatic rings. The highest BCUT2D eigenvalue weighted by Gasteiger charge is 2.06. The molecule has 0 aromatic carbocycles. The molecule has 0 saturated heterocycles. The van der Waals surface area contributed by atoms with Gasteiger partial charge in [0.05, 0.1) is 0 Å². The highest BCUT2D eigenvalue weighted by Crippen LogP contribution is 1.80. The van der Waals surface area contributed by atoms with Crippen LogP contribution < -0.4 is 5.73 Å². The summed E-state index contributed by atoms with van der Waals surface area (Å²) in [6, 6.07) is -0.816. The van der Waals surface area contributed by atoms with Crippen molar-refractivity contribution >= 4 is 43.4 Å². The Kier molecular flexibility index (Phi) is 15.0. The Bertz CT molecular complexity index is 82.2. The molecular weight excluding hydrogens is 185 g/mol. The Hall–Kier alpha value is 0.360. The van der Waals surface area contributed by atoms with Gasteiger partial charge in [0.25, 0.3) is 0 Å². The van der Waals surface area contributed by atoms with Gasteiger partial charge in [0, 0.05) is 5.75 Å². The van der Waals surface area contributed by atoms with Crippen molar-refractivity contribution in [2.75, 3.05) is 5.75 Å². The molecule has 0 saturated carbocycles. The summed E-state index contributed by atoms with van der Waals surface area (Å²) in [4.78, 5) is 9.76. The van der Waals surface area contributed by atoms with Crippen LogP contribution in [0.4, 0.5) is 0 Å². The Labute approximate surface area is 71.2 Å². The van der Waals surface area contributed by atoms with E-state index in [-0.39, 0.29) is 30.6 Å². The van der Waals surface area contributed by atoms with Crippen LogP contribution in [0.2, 0.25) is 0 Å². The molecule has 0 aliphatic rings. The van der Waals surface area contributed by atoms with Crippen LogP contribution in [0.25, 0.3) is 0 Å². The predicted molar refractivity (Wildman–Crippen MR) is 44.0 cm³/mol.